The summed E-state index contributed by atoms with van der Waals surface area (Å²) in [6, 6.07) is 7.36. The molecule has 6 nitrogen and oxygen atoms in total. The molecule has 2 rings (SSSR count). The Balaban J connectivity index is 2.17. The number of halogens is 4. The van der Waals surface area contributed by atoms with Crippen LogP contribution in [-0.4, -0.2) is 39.8 Å². The number of aryl methyl sites for hydroxylation is 1. The predicted molar refractivity (Wildman–Crippen MR) is 107 cm³/mol. The van der Waals surface area contributed by atoms with Crippen LogP contribution >= 0.6 is 11.6 Å². The van der Waals surface area contributed by atoms with Gasteiger partial charge < -0.3 is 10.1 Å². The molecule has 2 aromatic rings. The second-order valence-corrected chi connectivity index (χ2v) is 9.06. The molecule has 2 aromatic carbocycles. The standard InChI is InChI=1S/C19H20ClF3N2O4S/c1-25(2)30(27,28)14-6-8-17(29-3)12(10-14)4-9-18(26)24-13-5-7-16(20)15(11-13)19(21,22)23/h5-8,10-11H,4,9H2,1-3H3,(H,24,26). The van der Waals surface area contributed by atoms with Crippen molar-refractivity contribution < 1.29 is 31.1 Å². The maximum absolute atomic E-state index is 12.9. The fourth-order valence-electron chi connectivity index (χ4n) is 2.61. The maximum Gasteiger partial charge on any atom is 0.417 e. The number of nitrogens with one attached hydrogen (secondary N) is 1. The van der Waals surface area contributed by atoms with Gasteiger partial charge in [-0.2, -0.15) is 13.2 Å². The number of carbonyl (C=O) groups is 1. The molecule has 0 bridgehead atoms. The molecule has 1 N–H and O–H groups in total. The predicted octanol–water partition coefficient (Wildman–Crippen LogP) is 4.19. The molecular weight excluding hydrogens is 445 g/mol. The molecule has 0 fully saturated rings. The van der Waals surface area contributed by atoms with E-state index in [-0.39, 0.29) is 23.4 Å². The summed E-state index contributed by atoms with van der Waals surface area (Å²) in [6.07, 6.45) is -4.64. The minimum absolute atomic E-state index is 0.0382. The van der Waals surface area contributed by atoms with Gasteiger partial charge in [0.05, 0.1) is 22.6 Å². The molecule has 0 saturated heterocycles. The minimum Gasteiger partial charge on any atom is -0.496 e. The Morgan fingerprint density at radius 2 is 1.83 bits per heavy atom. The molecule has 0 radical (unpaired) electrons. The fourth-order valence-corrected chi connectivity index (χ4v) is 3.79. The van der Waals surface area contributed by atoms with Crippen molar-refractivity contribution in [3.8, 4) is 5.75 Å². The molecule has 0 aliphatic rings. The second kappa shape index (κ2) is 9.23. The van der Waals surface area contributed by atoms with Gasteiger partial charge in [0.25, 0.3) is 0 Å². The van der Waals surface area contributed by atoms with Crippen molar-refractivity contribution in [2.24, 2.45) is 0 Å². The number of alkyl halides is 3. The summed E-state index contributed by atoms with van der Waals surface area (Å²) in [7, 11) is 0.526. The topological polar surface area (TPSA) is 75.7 Å². The molecular formula is C19H20ClF3N2O4S. The number of hydrogen-bond acceptors (Lipinski definition) is 4. The van der Waals surface area contributed by atoms with Crippen molar-refractivity contribution in [2.45, 2.75) is 23.9 Å². The number of benzene rings is 2. The molecule has 0 saturated carbocycles. The molecule has 11 heteroatoms. The van der Waals surface area contributed by atoms with Crippen LogP contribution in [0.2, 0.25) is 5.02 Å². The Hall–Kier alpha value is -2.30. The van der Waals surface area contributed by atoms with Crippen LogP contribution in [-0.2, 0) is 27.4 Å². The Morgan fingerprint density at radius 1 is 1.17 bits per heavy atom. The number of rotatable bonds is 7. The molecule has 0 spiro atoms. The summed E-state index contributed by atoms with van der Waals surface area (Å²) in [6.45, 7) is 0. The van der Waals surface area contributed by atoms with E-state index in [0.29, 0.717) is 11.3 Å². The normalized spacial score (nSPS) is 12.1. The van der Waals surface area contributed by atoms with E-state index in [9.17, 15) is 26.4 Å². The zero-order valence-electron chi connectivity index (χ0n) is 16.4. The third kappa shape index (κ3) is 5.65. The van der Waals surface area contributed by atoms with Crippen LogP contribution in [0.15, 0.2) is 41.3 Å². The first-order chi connectivity index (χ1) is 13.9. The zero-order valence-corrected chi connectivity index (χ0v) is 18.0. The molecule has 0 heterocycles. The summed E-state index contributed by atoms with van der Waals surface area (Å²) in [5, 5.41) is 1.92. The van der Waals surface area contributed by atoms with Crippen LogP contribution in [0, 0.1) is 0 Å². The first kappa shape index (κ1) is 24.0. The van der Waals surface area contributed by atoms with Crippen molar-refractivity contribution in [1.82, 2.24) is 4.31 Å². The van der Waals surface area contributed by atoms with Gasteiger partial charge in [-0.1, -0.05) is 11.6 Å². The highest BCUT2D eigenvalue weighted by Crippen LogP contribution is 2.36. The van der Waals surface area contributed by atoms with Crippen molar-refractivity contribution in [1.29, 1.82) is 0 Å². The van der Waals surface area contributed by atoms with Gasteiger partial charge in [-0.15, -0.1) is 0 Å². The highest BCUT2D eigenvalue weighted by Gasteiger charge is 2.33. The number of carbonyl (C=O) groups excluding carboxylic acids is 1. The number of methoxy groups -OCH3 is 1. The van der Waals surface area contributed by atoms with E-state index >= 15 is 0 Å². The molecule has 30 heavy (non-hydrogen) atoms. The number of ether oxygens (including phenoxy) is 1. The van der Waals surface area contributed by atoms with Crippen LogP contribution in [0.1, 0.15) is 17.5 Å². The quantitative estimate of drug-likeness (QED) is 0.666. The lowest BCUT2D eigenvalue weighted by atomic mass is 10.1. The lowest BCUT2D eigenvalue weighted by molar-refractivity contribution is -0.137. The Kier molecular flexibility index (Phi) is 7.38. The lowest BCUT2D eigenvalue weighted by Gasteiger charge is -2.15. The Labute approximate surface area is 177 Å². The van der Waals surface area contributed by atoms with Gasteiger partial charge in [0.2, 0.25) is 15.9 Å². The van der Waals surface area contributed by atoms with E-state index in [0.717, 1.165) is 16.4 Å². The summed E-state index contributed by atoms with van der Waals surface area (Å²) < 4.78 is 69.7. The van der Waals surface area contributed by atoms with E-state index in [2.05, 4.69) is 5.32 Å². The first-order valence-corrected chi connectivity index (χ1v) is 10.4. The van der Waals surface area contributed by atoms with Gasteiger partial charge in [0.1, 0.15) is 5.75 Å². The number of nitrogens with zero attached hydrogens (tertiary/aromatic N) is 1. The van der Waals surface area contributed by atoms with Crippen molar-refractivity contribution in [3.63, 3.8) is 0 Å². The minimum atomic E-state index is -4.65. The monoisotopic (exact) mass is 464 g/mol. The zero-order chi connectivity index (χ0) is 22.7. The van der Waals surface area contributed by atoms with Gasteiger partial charge in [0.15, 0.2) is 0 Å². The average molecular weight is 465 g/mol. The van der Waals surface area contributed by atoms with E-state index in [1.54, 1.807) is 0 Å². The highest BCUT2D eigenvalue weighted by atomic mass is 35.5. The number of amides is 1. The highest BCUT2D eigenvalue weighted by molar-refractivity contribution is 7.89. The molecule has 0 aliphatic heterocycles. The fraction of sp³-hybridized carbons (Fsp3) is 0.316. The van der Waals surface area contributed by atoms with E-state index in [4.69, 9.17) is 16.3 Å². The largest absolute Gasteiger partial charge is 0.496 e. The summed E-state index contributed by atoms with van der Waals surface area (Å²) in [5.41, 5.74) is -0.625. The van der Waals surface area contributed by atoms with Crippen LogP contribution in [0.4, 0.5) is 18.9 Å². The van der Waals surface area contributed by atoms with E-state index in [1.165, 1.54) is 45.5 Å². The molecule has 0 atom stereocenters. The summed E-state index contributed by atoms with van der Waals surface area (Å²) in [4.78, 5) is 12.3. The molecule has 164 valence electrons. The van der Waals surface area contributed by atoms with Crippen molar-refractivity contribution >= 4 is 33.2 Å². The SMILES string of the molecule is COc1ccc(S(=O)(=O)N(C)C)cc1CCC(=O)Nc1ccc(Cl)c(C(F)(F)F)c1. The Morgan fingerprint density at radius 3 is 2.40 bits per heavy atom. The maximum atomic E-state index is 12.9. The summed E-state index contributed by atoms with van der Waals surface area (Å²) in [5.74, 6) is -0.153. The Bertz CT molecular complexity index is 1040. The van der Waals surface area contributed by atoms with Crippen LogP contribution in [0.5, 0.6) is 5.75 Å². The molecule has 0 unspecified atom stereocenters. The summed E-state index contributed by atoms with van der Waals surface area (Å²) >= 11 is 5.57. The first-order valence-electron chi connectivity index (χ1n) is 8.62. The third-order valence-electron chi connectivity index (χ3n) is 4.21. The van der Waals surface area contributed by atoms with E-state index in [1.807, 2.05) is 0 Å². The molecule has 0 aliphatic carbocycles. The van der Waals surface area contributed by atoms with Gasteiger partial charge in [-0.05, 0) is 48.4 Å². The van der Waals surface area contributed by atoms with Crippen molar-refractivity contribution in [2.75, 3.05) is 26.5 Å². The van der Waals surface area contributed by atoms with Crippen molar-refractivity contribution in [3.05, 3.63) is 52.5 Å². The van der Waals surface area contributed by atoms with Gasteiger partial charge in [0, 0.05) is 26.2 Å². The van der Waals surface area contributed by atoms with E-state index < -0.39 is 32.7 Å². The van der Waals surface area contributed by atoms with Gasteiger partial charge in [-0.25, -0.2) is 12.7 Å². The number of hydrogen-bond donors (Lipinski definition) is 1. The smallest absolute Gasteiger partial charge is 0.417 e. The third-order valence-corrected chi connectivity index (χ3v) is 6.35. The van der Waals surface area contributed by atoms with Gasteiger partial charge in [-0.3, -0.25) is 4.79 Å². The average Bonchev–Trinajstić information content (AvgIpc) is 2.66. The van der Waals surface area contributed by atoms with Crippen LogP contribution in [0.25, 0.3) is 0 Å². The molecule has 0 aromatic heterocycles. The number of anilines is 1. The molecule has 1 amide bonds. The van der Waals surface area contributed by atoms with Crippen LogP contribution in [0.3, 0.4) is 0 Å². The second-order valence-electron chi connectivity index (χ2n) is 6.50. The van der Waals surface area contributed by atoms with Crippen LogP contribution < -0.4 is 10.1 Å². The van der Waals surface area contributed by atoms with Gasteiger partial charge >= 0.3 is 6.18 Å². The number of sulfonamides is 1. The lowest BCUT2D eigenvalue weighted by Crippen LogP contribution is -2.22.